The lowest BCUT2D eigenvalue weighted by molar-refractivity contribution is -0.141. The van der Waals surface area contributed by atoms with Crippen molar-refractivity contribution in [3.8, 4) is 0 Å². The number of nitrogens with zero attached hydrogens (tertiary/aromatic N) is 1. The topological polar surface area (TPSA) is 57.6 Å². The van der Waals surface area contributed by atoms with Gasteiger partial charge in [0, 0.05) is 18.7 Å². The van der Waals surface area contributed by atoms with Crippen molar-refractivity contribution >= 4 is 17.6 Å². The summed E-state index contributed by atoms with van der Waals surface area (Å²) >= 11 is 0. The summed E-state index contributed by atoms with van der Waals surface area (Å²) in [6.45, 7) is 6.55. The molecule has 19 heavy (non-hydrogen) atoms. The Bertz CT molecular complexity index is 522. The average Bonchev–Trinajstić information content (AvgIpc) is 2.71. The number of rotatable bonds is 3. The molecule has 102 valence electrons. The van der Waals surface area contributed by atoms with Crippen molar-refractivity contribution in [3.05, 3.63) is 29.3 Å². The Kier molecular flexibility index (Phi) is 3.60. The molecule has 4 nitrogen and oxygen atoms in total. The van der Waals surface area contributed by atoms with Crippen molar-refractivity contribution in [2.24, 2.45) is 5.92 Å². The van der Waals surface area contributed by atoms with Crippen LogP contribution < -0.4 is 4.90 Å². The first-order chi connectivity index (χ1) is 8.90. The molecule has 0 unspecified atom stereocenters. The first-order valence-electron chi connectivity index (χ1n) is 6.54. The van der Waals surface area contributed by atoms with E-state index in [9.17, 15) is 9.59 Å². The fourth-order valence-electron chi connectivity index (χ4n) is 2.60. The maximum atomic E-state index is 11.9. The average molecular weight is 261 g/mol. The van der Waals surface area contributed by atoms with Crippen LogP contribution in [0, 0.1) is 12.8 Å². The van der Waals surface area contributed by atoms with Crippen LogP contribution in [0.4, 0.5) is 5.69 Å². The number of amides is 1. The lowest BCUT2D eigenvalue weighted by Crippen LogP contribution is -2.25. The van der Waals surface area contributed by atoms with Crippen LogP contribution in [0.25, 0.3) is 0 Å². The number of carboxylic acids is 1. The third-order valence-corrected chi connectivity index (χ3v) is 3.66. The fraction of sp³-hybridized carbons (Fsp3) is 0.467. The molecule has 1 atom stereocenters. The van der Waals surface area contributed by atoms with E-state index in [2.05, 4.69) is 13.8 Å². The van der Waals surface area contributed by atoms with Gasteiger partial charge >= 0.3 is 5.97 Å². The molecule has 1 aromatic rings. The molecule has 1 aliphatic heterocycles. The highest BCUT2D eigenvalue weighted by Gasteiger charge is 2.35. The molecule has 2 rings (SSSR count). The Hall–Kier alpha value is -1.84. The van der Waals surface area contributed by atoms with Gasteiger partial charge in [-0.1, -0.05) is 19.9 Å². The highest BCUT2D eigenvalue weighted by atomic mass is 16.4. The van der Waals surface area contributed by atoms with Crippen molar-refractivity contribution < 1.29 is 14.7 Å². The van der Waals surface area contributed by atoms with E-state index < -0.39 is 11.9 Å². The van der Waals surface area contributed by atoms with E-state index >= 15 is 0 Å². The number of aliphatic carboxylic acids is 1. The third-order valence-electron chi connectivity index (χ3n) is 3.66. The molecule has 1 saturated heterocycles. The maximum Gasteiger partial charge on any atom is 0.308 e. The summed E-state index contributed by atoms with van der Waals surface area (Å²) in [5.74, 6) is -1.15. The van der Waals surface area contributed by atoms with Crippen LogP contribution >= 0.6 is 0 Å². The van der Waals surface area contributed by atoms with Crippen LogP contribution in [-0.2, 0) is 9.59 Å². The summed E-state index contributed by atoms with van der Waals surface area (Å²) in [5, 5.41) is 8.99. The molecule has 0 aliphatic carbocycles. The third kappa shape index (κ3) is 2.62. The van der Waals surface area contributed by atoms with Crippen molar-refractivity contribution in [2.45, 2.75) is 33.1 Å². The van der Waals surface area contributed by atoms with Crippen molar-refractivity contribution in [1.29, 1.82) is 0 Å². The van der Waals surface area contributed by atoms with Crippen molar-refractivity contribution in [2.75, 3.05) is 11.4 Å². The van der Waals surface area contributed by atoms with Gasteiger partial charge in [-0.3, -0.25) is 9.59 Å². The minimum Gasteiger partial charge on any atom is -0.481 e. The van der Waals surface area contributed by atoms with Crippen LogP contribution in [-0.4, -0.2) is 23.5 Å². The summed E-state index contributed by atoms with van der Waals surface area (Å²) < 4.78 is 0. The molecule has 1 fully saturated rings. The van der Waals surface area contributed by atoms with Crippen LogP contribution in [0.5, 0.6) is 0 Å². The Morgan fingerprint density at radius 3 is 2.58 bits per heavy atom. The molecule has 0 aromatic heterocycles. The van der Waals surface area contributed by atoms with Gasteiger partial charge in [-0.25, -0.2) is 0 Å². The fourth-order valence-corrected chi connectivity index (χ4v) is 2.60. The molecule has 1 aliphatic rings. The Balaban J connectivity index is 2.26. The van der Waals surface area contributed by atoms with Crippen molar-refractivity contribution in [1.82, 2.24) is 0 Å². The smallest absolute Gasteiger partial charge is 0.308 e. The van der Waals surface area contributed by atoms with E-state index in [1.165, 1.54) is 5.56 Å². The normalized spacial score (nSPS) is 19.3. The second kappa shape index (κ2) is 5.03. The van der Waals surface area contributed by atoms with Gasteiger partial charge in [0.2, 0.25) is 5.91 Å². The molecular weight excluding hydrogens is 242 g/mol. The largest absolute Gasteiger partial charge is 0.481 e. The SMILES string of the molecule is Cc1cc(N2C[C@@H](C(=O)O)CC2=O)ccc1C(C)C. The van der Waals surface area contributed by atoms with Gasteiger partial charge in [0.05, 0.1) is 5.92 Å². The molecule has 0 spiro atoms. The lowest BCUT2D eigenvalue weighted by Gasteiger charge is -2.19. The van der Waals surface area contributed by atoms with Crippen molar-refractivity contribution in [3.63, 3.8) is 0 Å². The van der Waals surface area contributed by atoms with Crippen LogP contribution in [0.3, 0.4) is 0 Å². The van der Waals surface area contributed by atoms with E-state index in [4.69, 9.17) is 5.11 Å². The second-order valence-corrected chi connectivity index (χ2v) is 5.44. The molecule has 1 heterocycles. The quantitative estimate of drug-likeness (QED) is 0.909. The maximum absolute atomic E-state index is 11.9. The standard InChI is InChI=1S/C15H19NO3/c1-9(2)13-5-4-12(6-10(13)3)16-8-11(15(18)19)7-14(16)17/h4-6,9,11H,7-8H2,1-3H3,(H,18,19)/t11-/m0/s1. The van der Waals surface area contributed by atoms with Crippen LogP contribution in [0.2, 0.25) is 0 Å². The Morgan fingerprint density at radius 1 is 1.42 bits per heavy atom. The predicted molar refractivity (Wildman–Crippen MR) is 73.4 cm³/mol. The van der Waals surface area contributed by atoms with Crippen LogP contribution in [0.1, 0.15) is 37.3 Å². The Labute approximate surface area is 113 Å². The Morgan fingerprint density at radius 2 is 2.11 bits per heavy atom. The van der Waals surface area contributed by atoms with Crippen LogP contribution in [0.15, 0.2) is 18.2 Å². The molecule has 0 saturated carbocycles. The van der Waals surface area contributed by atoms with Gasteiger partial charge in [0.25, 0.3) is 0 Å². The zero-order valence-electron chi connectivity index (χ0n) is 11.5. The number of carboxylic acid groups (broad SMARTS) is 1. The second-order valence-electron chi connectivity index (χ2n) is 5.44. The molecule has 1 amide bonds. The number of hydrogen-bond donors (Lipinski definition) is 1. The number of hydrogen-bond acceptors (Lipinski definition) is 2. The van der Waals surface area contributed by atoms with E-state index in [1.807, 2.05) is 25.1 Å². The zero-order valence-corrected chi connectivity index (χ0v) is 11.5. The predicted octanol–water partition coefficient (Wildman–Crippen LogP) is 2.56. The van der Waals surface area contributed by atoms with Gasteiger partial charge in [-0.05, 0) is 36.1 Å². The first-order valence-corrected chi connectivity index (χ1v) is 6.54. The molecular formula is C15H19NO3. The van der Waals surface area contributed by atoms with Gasteiger partial charge in [-0.2, -0.15) is 0 Å². The van der Waals surface area contributed by atoms with Gasteiger partial charge in [0.1, 0.15) is 0 Å². The number of benzene rings is 1. The summed E-state index contributed by atoms with van der Waals surface area (Å²) in [7, 11) is 0. The summed E-state index contributed by atoms with van der Waals surface area (Å²) in [4.78, 5) is 24.4. The summed E-state index contributed by atoms with van der Waals surface area (Å²) in [5.41, 5.74) is 3.19. The summed E-state index contributed by atoms with van der Waals surface area (Å²) in [6.07, 6.45) is 0.0975. The minimum atomic E-state index is -0.897. The monoisotopic (exact) mass is 261 g/mol. The lowest BCUT2D eigenvalue weighted by atomic mass is 9.97. The van der Waals surface area contributed by atoms with Gasteiger partial charge in [-0.15, -0.1) is 0 Å². The molecule has 0 bridgehead atoms. The van der Waals surface area contributed by atoms with Gasteiger partial charge in [0.15, 0.2) is 0 Å². The van der Waals surface area contributed by atoms with E-state index in [0.29, 0.717) is 5.92 Å². The highest BCUT2D eigenvalue weighted by molar-refractivity contribution is 5.99. The van der Waals surface area contributed by atoms with E-state index in [1.54, 1.807) is 4.90 Å². The first kappa shape index (κ1) is 13.6. The molecule has 1 N–H and O–H groups in total. The van der Waals surface area contributed by atoms with E-state index in [0.717, 1.165) is 11.3 Å². The molecule has 4 heteroatoms. The molecule has 0 radical (unpaired) electrons. The zero-order chi connectivity index (χ0) is 14.2. The number of aryl methyl sites for hydroxylation is 1. The number of anilines is 1. The minimum absolute atomic E-state index is 0.0975. The molecule has 1 aromatic carbocycles. The van der Waals surface area contributed by atoms with Gasteiger partial charge < -0.3 is 10.0 Å². The summed E-state index contributed by atoms with van der Waals surface area (Å²) in [6, 6.07) is 5.90. The highest BCUT2D eigenvalue weighted by Crippen LogP contribution is 2.29. The van der Waals surface area contributed by atoms with E-state index in [-0.39, 0.29) is 18.9 Å². The number of carbonyl (C=O) groups excluding carboxylic acids is 1. The number of carbonyl (C=O) groups is 2.